The van der Waals surface area contributed by atoms with Crippen molar-refractivity contribution in [3.05, 3.63) is 164 Å². The molecule has 4 aliphatic rings. The average molecular weight is 1120 g/mol. The summed E-state index contributed by atoms with van der Waals surface area (Å²) in [6, 6.07) is 37.0. The van der Waals surface area contributed by atoms with Gasteiger partial charge in [-0.2, -0.15) is 0 Å². The molecular formula is C48H58Cl2Hf2Si2. The summed E-state index contributed by atoms with van der Waals surface area (Å²) < 4.78 is 3.21. The van der Waals surface area contributed by atoms with Crippen molar-refractivity contribution in [1.82, 2.24) is 0 Å². The molecule has 0 aliphatic heterocycles. The number of allylic oxidation sites excluding steroid dienone is 4. The molecule has 0 saturated heterocycles. The van der Waals surface area contributed by atoms with E-state index in [0.29, 0.717) is 0 Å². The van der Waals surface area contributed by atoms with E-state index in [1.807, 2.05) is 0 Å². The van der Waals surface area contributed by atoms with Crippen LogP contribution in [0.25, 0.3) is 24.3 Å². The van der Waals surface area contributed by atoms with Crippen LogP contribution in [0.15, 0.2) is 119 Å². The molecule has 0 bridgehead atoms. The summed E-state index contributed by atoms with van der Waals surface area (Å²) in [5, 5.41) is 0. The third kappa shape index (κ3) is 8.28. The van der Waals surface area contributed by atoms with Gasteiger partial charge >= 0.3 is 334 Å². The molecule has 0 spiro atoms. The van der Waals surface area contributed by atoms with Crippen molar-refractivity contribution < 1.29 is 40.1 Å². The quantitative estimate of drug-likeness (QED) is 0.154. The first kappa shape index (κ1) is 43.7. The summed E-state index contributed by atoms with van der Waals surface area (Å²) in [6.45, 7) is 19.9. The van der Waals surface area contributed by atoms with Crippen LogP contribution >= 0.6 is 24.8 Å². The molecule has 4 aliphatic carbocycles. The number of hydrogen-bond acceptors (Lipinski definition) is 0. The fraction of sp³-hybridized carbons (Fsp3) is 0.333. The zero-order valence-electron chi connectivity index (χ0n) is 33.5. The molecular weight excluding hydrogens is 1060 g/mol. The minimum atomic E-state index is -2.02. The predicted octanol–water partition coefficient (Wildman–Crippen LogP) is 14.7. The van der Waals surface area contributed by atoms with Gasteiger partial charge in [-0.15, -0.1) is 24.8 Å². The van der Waals surface area contributed by atoms with E-state index in [1.54, 1.807) is 44.5 Å². The van der Waals surface area contributed by atoms with Gasteiger partial charge in [0.2, 0.25) is 0 Å². The van der Waals surface area contributed by atoms with Gasteiger partial charge in [-0.3, -0.25) is 0 Å². The van der Waals surface area contributed by atoms with E-state index >= 15 is 0 Å². The van der Waals surface area contributed by atoms with Crippen molar-refractivity contribution in [2.24, 2.45) is 0 Å². The van der Waals surface area contributed by atoms with Crippen molar-refractivity contribution in [3.8, 4) is 0 Å². The summed E-state index contributed by atoms with van der Waals surface area (Å²) in [6.07, 6.45) is 15.0. The number of hydrogen-bond donors (Lipinski definition) is 0. The van der Waals surface area contributed by atoms with Crippen molar-refractivity contribution >= 4 is 60.1 Å². The monoisotopic (exact) mass is 1120 g/mol. The van der Waals surface area contributed by atoms with Gasteiger partial charge in [-0.1, -0.05) is 0 Å². The summed E-state index contributed by atoms with van der Waals surface area (Å²) in [7, 11) is 0. The zero-order chi connectivity index (χ0) is 36.5. The molecule has 0 saturated carbocycles. The Balaban J connectivity index is 0.000000200. The maximum Gasteiger partial charge on any atom is -0.147 e. The Bertz CT molecular complexity index is 1910. The minimum Gasteiger partial charge on any atom is -0.147 e. The molecule has 0 aromatic heterocycles. The molecule has 0 fully saturated rings. The van der Waals surface area contributed by atoms with E-state index in [1.165, 1.54) is 47.9 Å². The van der Waals surface area contributed by atoms with Crippen LogP contribution in [0.2, 0.25) is 26.2 Å². The largest absolute Gasteiger partial charge is 0.147 e. The third-order valence-electron chi connectivity index (χ3n) is 12.1. The van der Waals surface area contributed by atoms with Gasteiger partial charge in [0.25, 0.3) is 0 Å². The Hall–Kier alpha value is -1.41. The first-order valence-corrected chi connectivity index (χ1v) is 43.9. The second kappa shape index (κ2) is 19.4. The maximum absolute atomic E-state index is 2.62. The zero-order valence-corrected chi connectivity index (χ0v) is 44.3. The number of fused-ring (bicyclic) bond motifs is 4. The predicted molar refractivity (Wildman–Crippen MR) is 239 cm³/mol. The Kier molecular flexibility index (Phi) is 15.7. The normalized spacial score (nSPS) is 19.6. The molecule has 0 radical (unpaired) electrons. The topological polar surface area (TPSA) is 0 Å². The fourth-order valence-corrected chi connectivity index (χ4v) is 69.0. The van der Waals surface area contributed by atoms with Gasteiger partial charge in [0.15, 0.2) is 0 Å². The van der Waals surface area contributed by atoms with Crippen LogP contribution in [0.1, 0.15) is 113 Å². The van der Waals surface area contributed by atoms with Crippen LogP contribution < -0.4 is 0 Å². The molecule has 8 rings (SSSR count). The Morgan fingerprint density at radius 1 is 0.370 bits per heavy atom. The van der Waals surface area contributed by atoms with Crippen LogP contribution in [0.3, 0.4) is 0 Å². The molecule has 6 heteroatoms. The molecule has 4 aromatic carbocycles. The van der Waals surface area contributed by atoms with Gasteiger partial charge in [-0.25, -0.2) is 0 Å². The molecule has 0 N–H and O–H groups in total. The van der Waals surface area contributed by atoms with E-state index in [4.69, 9.17) is 0 Å². The van der Waals surface area contributed by atoms with Gasteiger partial charge in [0, 0.05) is 0 Å². The van der Waals surface area contributed by atoms with Crippen molar-refractivity contribution in [3.63, 3.8) is 0 Å². The Labute approximate surface area is 354 Å². The van der Waals surface area contributed by atoms with Crippen molar-refractivity contribution in [2.45, 2.75) is 94.3 Å². The second-order valence-corrected chi connectivity index (χ2v) is 65.3. The number of benzene rings is 4. The summed E-state index contributed by atoms with van der Waals surface area (Å²) in [4.78, 5) is 0. The fourth-order valence-electron chi connectivity index (χ4n) is 9.73. The van der Waals surface area contributed by atoms with E-state index < -0.39 is 40.1 Å². The smallest absolute Gasteiger partial charge is 0.147 e. The summed E-state index contributed by atoms with van der Waals surface area (Å²) in [5.74, 6) is 0. The summed E-state index contributed by atoms with van der Waals surface area (Å²) >= 11 is -4.05. The van der Waals surface area contributed by atoms with Crippen LogP contribution in [-0.4, -0.2) is 11.0 Å². The van der Waals surface area contributed by atoms with Crippen molar-refractivity contribution in [1.29, 1.82) is 0 Å². The van der Waals surface area contributed by atoms with E-state index in [0.717, 1.165) is 14.7 Å². The minimum absolute atomic E-state index is 0. The van der Waals surface area contributed by atoms with E-state index in [2.05, 4.69) is 175 Å². The Morgan fingerprint density at radius 3 is 0.759 bits per heavy atom. The number of halogens is 2. The van der Waals surface area contributed by atoms with Gasteiger partial charge in [0.05, 0.1) is 0 Å². The standard InChI is InChI=1S/4C11H11.2C2H6Si.2ClH.2Hf/c4*1-2-9-7-10-5-3-4-6-11(10)8-9;2*1-3-2;;;;/h4*3-8H,2H2,1H3;2*1-2H3;2*1H;;. The first-order valence-electron chi connectivity index (χ1n) is 19.8. The van der Waals surface area contributed by atoms with Crippen LogP contribution in [0, 0.1) is 0 Å². The second-order valence-electron chi connectivity index (χ2n) is 15.4. The average Bonchev–Trinajstić information content (AvgIpc) is 3.93. The van der Waals surface area contributed by atoms with Crippen LogP contribution in [0.5, 0.6) is 0 Å². The molecule has 54 heavy (non-hydrogen) atoms. The van der Waals surface area contributed by atoms with E-state index in [-0.39, 0.29) is 35.8 Å². The molecule has 4 unspecified atom stereocenters. The van der Waals surface area contributed by atoms with Gasteiger partial charge in [0.1, 0.15) is 0 Å². The van der Waals surface area contributed by atoms with Gasteiger partial charge < -0.3 is 0 Å². The molecule has 0 heterocycles. The molecule has 280 valence electrons. The number of rotatable bonds is 8. The maximum atomic E-state index is 2.62. The van der Waals surface area contributed by atoms with E-state index in [9.17, 15) is 0 Å². The first-order chi connectivity index (χ1) is 25.3. The third-order valence-corrected chi connectivity index (χ3v) is 67.5. The molecule has 0 nitrogen and oxygen atoms in total. The molecule has 4 atom stereocenters. The Morgan fingerprint density at radius 2 is 0.574 bits per heavy atom. The van der Waals surface area contributed by atoms with Gasteiger partial charge in [-0.05, 0) is 0 Å². The van der Waals surface area contributed by atoms with Crippen molar-refractivity contribution in [2.75, 3.05) is 0 Å². The van der Waals surface area contributed by atoms with Crippen LogP contribution in [-0.2, 0) is 40.1 Å². The summed E-state index contributed by atoms with van der Waals surface area (Å²) in [5.41, 5.74) is 19.1. The molecule has 0 amide bonds. The van der Waals surface area contributed by atoms with Crippen LogP contribution in [0.4, 0.5) is 0 Å². The molecule has 4 aromatic rings. The SMILES string of the molecule is CCC1=Cc2ccccc2[CH]1[Hf]([CH]1C(CC)=Cc2ccccc21)=[Si](C)C.CCC1=Cc2ccccc2[CH]1[Hf]([CH]1C(CC)=Cc2ccccc21)=[Si](C)C.Cl.Cl.